The molecular formula is C22H20NO4P. The molecule has 28 heavy (non-hydrogen) atoms. The Labute approximate surface area is 163 Å². The molecule has 0 radical (unpaired) electrons. The second-order valence-electron chi connectivity index (χ2n) is 6.45. The lowest BCUT2D eigenvalue weighted by Gasteiger charge is -2.23. The van der Waals surface area contributed by atoms with Crippen LogP contribution >= 0.6 is 7.37 Å². The molecule has 0 heterocycles. The van der Waals surface area contributed by atoms with Crippen molar-refractivity contribution in [3.05, 3.63) is 106 Å². The van der Waals surface area contributed by atoms with E-state index in [9.17, 15) is 14.7 Å². The molecule has 3 rings (SSSR count). The number of hydrogen-bond donors (Lipinski definition) is 0. The van der Waals surface area contributed by atoms with Crippen LogP contribution in [0.1, 0.15) is 19.4 Å². The van der Waals surface area contributed by atoms with Gasteiger partial charge in [-0.15, -0.1) is 0 Å². The van der Waals surface area contributed by atoms with Gasteiger partial charge in [-0.1, -0.05) is 48.5 Å². The SMILES string of the molecule is CC(C)=C(OP(=O)(c1ccccc1)c1ccccc1)c1cccc([N+](=O)[O-])c1. The van der Waals surface area contributed by atoms with Crippen LogP contribution in [-0.2, 0) is 9.09 Å². The Bertz CT molecular complexity index is 1010. The zero-order valence-electron chi connectivity index (χ0n) is 15.6. The van der Waals surface area contributed by atoms with Crippen LogP contribution in [0.2, 0.25) is 0 Å². The molecule has 5 nitrogen and oxygen atoms in total. The van der Waals surface area contributed by atoms with Gasteiger partial charge in [-0.2, -0.15) is 0 Å². The first-order valence-electron chi connectivity index (χ1n) is 8.75. The Balaban J connectivity index is 2.14. The van der Waals surface area contributed by atoms with E-state index in [0.29, 0.717) is 21.9 Å². The van der Waals surface area contributed by atoms with Crippen molar-refractivity contribution in [3.8, 4) is 0 Å². The normalized spacial score (nSPS) is 10.9. The molecule has 0 bridgehead atoms. The highest BCUT2D eigenvalue weighted by Gasteiger charge is 2.31. The summed E-state index contributed by atoms with van der Waals surface area (Å²) in [6.45, 7) is 3.66. The lowest BCUT2D eigenvalue weighted by Crippen LogP contribution is -2.18. The highest BCUT2D eigenvalue weighted by molar-refractivity contribution is 7.74. The van der Waals surface area contributed by atoms with Gasteiger partial charge in [0.05, 0.1) is 15.5 Å². The van der Waals surface area contributed by atoms with E-state index >= 15 is 0 Å². The monoisotopic (exact) mass is 393 g/mol. The summed E-state index contributed by atoms with van der Waals surface area (Å²) in [6.07, 6.45) is 0. The third kappa shape index (κ3) is 4.05. The van der Waals surface area contributed by atoms with Crippen molar-refractivity contribution < 1.29 is 14.0 Å². The van der Waals surface area contributed by atoms with E-state index in [4.69, 9.17) is 4.52 Å². The summed E-state index contributed by atoms with van der Waals surface area (Å²) in [5, 5.41) is 12.3. The average Bonchev–Trinajstić information content (AvgIpc) is 2.73. The zero-order valence-corrected chi connectivity index (χ0v) is 16.5. The molecule has 0 aliphatic carbocycles. The van der Waals surface area contributed by atoms with Gasteiger partial charge in [-0.3, -0.25) is 14.7 Å². The number of hydrogen-bond acceptors (Lipinski definition) is 4. The van der Waals surface area contributed by atoms with E-state index in [1.165, 1.54) is 12.1 Å². The average molecular weight is 393 g/mol. The van der Waals surface area contributed by atoms with Crippen LogP contribution in [0.15, 0.2) is 90.5 Å². The highest BCUT2D eigenvalue weighted by Crippen LogP contribution is 2.49. The van der Waals surface area contributed by atoms with Gasteiger partial charge >= 0.3 is 7.37 Å². The van der Waals surface area contributed by atoms with Crippen molar-refractivity contribution in [1.82, 2.24) is 0 Å². The van der Waals surface area contributed by atoms with Gasteiger partial charge in [0, 0.05) is 17.7 Å². The van der Waals surface area contributed by atoms with Crippen molar-refractivity contribution in [1.29, 1.82) is 0 Å². The van der Waals surface area contributed by atoms with E-state index in [1.54, 1.807) is 36.4 Å². The molecule has 0 atom stereocenters. The molecule has 6 heteroatoms. The second kappa shape index (κ2) is 8.24. The van der Waals surface area contributed by atoms with Gasteiger partial charge in [0.15, 0.2) is 0 Å². The predicted molar refractivity (Wildman–Crippen MR) is 112 cm³/mol. The molecule has 0 aliphatic rings. The van der Waals surface area contributed by atoms with E-state index in [2.05, 4.69) is 0 Å². The number of non-ortho nitro benzene ring substituents is 1. The fraction of sp³-hybridized carbons (Fsp3) is 0.0909. The van der Waals surface area contributed by atoms with Gasteiger partial charge in [0.2, 0.25) is 0 Å². The predicted octanol–water partition coefficient (Wildman–Crippen LogP) is 5.29. The van der Waals surface area contributed by atoms with E-state index in [-0.39, 0.29) is 5.69 Å². The lowest BCUT2D eigenvalue weighted by atomic mass is 10.1. The Morgan fingerprint density at radius 2 is 1.39 bits per heavy atom. The Morgan fingerprint density at radius 3 is 1.86 bits per heavy atom. The van der Waals surface area contributed by atoms with Crippen LogP contribution in [0.4, 0.5) is 5.69 Å². The molecule has 0 saturated heterocycles. The van der Waals surface area contributed by atoms with Crippen molar-refractivity contribution >= 4 is 29.4 Å². The van der Waals surface area contributed by atoms with Crippen LogP contribution in [-0.4, -0.2) is 4.92 Å². The summed E-state index contributed by atoms with van der Waals surface area (Å²) in [7, 11) is -3.47. The van der Waals surface area contributed by atoms with Crippen molar-refractivity contribution in [2.45, 2.75) is 13.8 Å². The molecule has 3 aromatic carbocycles. The highest BCUT2D eigenvalue weighted by atomic mass is 31.2. The van der Waals surface area contributed by atoms with E-state index in [1.807, 2.05) is 50.2 Å². The third-order valence-corrected chi connectivity index (χ3v) is 6.58. The molecule has 3 aromatic rings. The van der Waals surface area contributed by atoms with Gasteiger partial charge in [0.25, 0.3) is 5.69 Å². The fourth-order valence-electron chi connectivity index (χ4n) is 2.82. The molecule has 0 unspecified atom stereocenters. The van der Waals surface area contributed by atoms with Gasteiger partial charge in [0.1, 0.15) is 5.76 Å². The third-order valence-electron chi connectivity index (χ3n) is 4.19. The smallest absolute Gasteiger partial charge is 0.306 e. The fourth-order valence-corrected chi connectivity index (χ4v) is 5.01. The summed E-state index contributed by atoms with van der Waals surface area (Å²) in [4.78, 5) is 10.7. The molecule has 0 aromatic heterocycles. The van der Waals surface area contributed by atoms with Crippen LogP contribution in [0.25, 0.3) is 5.76 Å². The molecule has 0 spiro atoms. The Morgan fingerprint density at radius 1 is 0.857 bits per heavy atom. The molecule has 0 saturated carbocycles. The van der Waals surface area contributed by atoms with E-state index in [0.717, 1.165) is 5.57 Å². The molecule has 142 valence electrons. The summed E-state index contributed by atoms with van der Waals surface area (Å²) >= 11 is 0. The summed E-state index contributed by atoms with van der Waals surface area (Å²) in [6, 6.07) is 24.2. The van der Waals surface area contributed by atoms with Gasteiger partial charge in [-0.05, 0) is 43.7 Å². The summed E-state index contributed by atoms with van der Waals surface area (Å²) in [5.74, 6) is 0.375. The summed E-state index contributed by atoms with van der Waals surface area (Å²) in [5.41, 5.74) is 1.24. The maximum Gasteiger partial charge on any atom is 0.306 e. The minimum atomic E-state index is -3.47. The minimum Gasteiger partial charge on any atom is -0.436 e. The van der Waals surface area contributed by atoms with E-state index < -0.39 is 12.3 Å². The molecular weight excluding hydrogens is 373 g/mol. The van der Waals surface area contributed by atoms with Crippen LogP contribution in [0.3, 0.4) is 0 Å². The van der Waals surface area contributed by atoms with Crippen molar-refractivity contribution in [2.24, 2.45) is 0 Å². The lowest BCUT2D eigenvalue weighted by molar-refractivity contribution is -0.384. The standard InChI is InChI=1S/C22H20NO4P/c1-17(2)22(18-10-9-11-19(16-18)23(24)25)27-28(26,20-12-5-3-6-13-20)21-14-7-4-8-15-21/h3-16H,1-2H3. The number of rotatable bonds is 6. The van der Waals surface area contributed by atoms with Crippen LogP contribution < -0.4 is 10.6 Å². The van der Waals surface area contributed by atoms with Crippen molar-refractivity contribution in [3.63, 3.8) is 0 Å². The first-order chi connectivity index (χ1) is 13.4. The number of benzene rings is 3. The first kappa shape index (κ1) is 19.6. The summed E-state index contributed by atoms with van der Waals surface area (Å²) < 4.78 is 20.3. The largest absolute Gasteiger partial charge is 0.436 e. The minimum absolute atomic E-state index is 0.0471. The number of allylic oxidation sites excluding steroid dienone is 1. The van der Waals surface area contributed by atoms with Crippen molar-refractivity contribution in [2.75, 3.05) is 0 Å². The number of nitro benzene ring substituents is 1. The zero-order chi connectivity index (χ0) is 20.1. The molecule has 0 fully saturated rings. The topological polar surface area (TPSA) is 69.4 Å². The molecule has 0 N–H and O–H groups in total. The molecule has 0 aliphatic heterocycles. The Kier molecular flexibility index (Phi) is 5.76. The second-order valence-corrected chi connectivity index (χ2v) is 8.77. The maximum absolute atomic E-state index is 14.1. The van der Waals surface area contributed by atoms with Gasteiger partial charge in [-0.25, -0.2) is 0 Å². The van der Waals surface area contributed by atoms with Gasteiger partial charge < -0.3 is 4.52 Å². The van der Waals surface area contributed by atoms with Crippen LogP contribution in [0.5, 0.6) is 0 Å². The quantitative estimate of drug-likeness (QED) is 0.247. The Hall–Kier alpha value is -3.17. The number of nitrogens with zero attached hydrogens (tertiary/aromatic N) is 1. The maximum atomic E-state index is 14.1. The first-order valence-corrected chi connectivity index (χ1v) is 10.4. The number of nitro groups is 1. The molecule has 0 amide bonds. The van der Waals surface area contributed by atoms with Crippen LogP contribution in [0, 0.1) is 10.1 Å².